The molecule has 0 aromatic heterocycles. The quantitative estimate of drug-likeness (QED) is 0.634. The van der Waals surface area contributed by atoms with Gasteiger partial charge in [-0.15, -0.1) is 0 Å². The molecule has 0 aromatic carbocycles. The van der Waals surface area contributed by atoms with Gasteiger partial charge < -0.3 is 10.1 Å². The van der Waals surface area contributed by atoms with Crippen molar-refractivity contribution in [2.75, 3.05) is 19.7 Å². The lowest BCUT2D eigenvalue weighted by atomic mass is 9.99. The van der Waals surface area contributed by atoms with Gasteiger partial charge >= 0.3 is 5.97 Å². The lowest BCUT2D eigenvalue weighted by Crippen LogP contribution is -2.33. The number of ether oxygens (including phenoxy) is 1. The molecule has 0 atom stereocenters. The van der Waals surface area contributed by atoms with E-state index in [1.54, 1.807) is 0 Å². The minimum Gasteiger partial charge on any atom is -0.457 e. The van der Waals surface area contributed by atoms with Gasteiger partial charge in [0.15, 0.2) is 5.78 Å². The first kappa shape index (κ1) is 10.2. The van der Waals surface area contributed by atoms with E-state index in [2.05, 4.69) is 5.32 Å². The smallest absolute Gasteiger partial charge is 0.309 e. The number of hydrogen-bond acceptors (Lipinski definition) is 4. The highest BCUT2D eigenvalue weighted by molar-refractivity contribution is 5.80. The van der Waals surface area contributed by atoms with E-state index in [0.29, 0.717) is 0 Å². The summed E-state index contributed by atoms with van der Waals surface area (Å²) < 4.78 is 4.83. The van der Waals surface area contributed by atoms with E-state index in [4.69, 9.17) is 4.74 Å². The molecule has 4 heteroatoms. The Hall–Kier alpha value is -0.900. The number of esters is 1. The summed E-state index contributed by atoms with van der Waals surface area (Å²) >= 11 is 0. The summed E-state index contributed by atoms with van der Waals surface area (Å²) in [5.74, 6) is -0.348. The number of rotatable bonds is 3. The van der Waals surface area contributed by atoms with Crippen LogP contribution in [-0.2, 0) is 14.3 Å². The molecule has 13 heavy (non-hydrogen) atoms. The number of hydrogen-bond donors (Lipinski definition) is 1. The Morgan fingerprint density at radius 3 is 2.54 bits per heavy atom. The van der Waals surface area contributed by atoms with Gasteiger partial charge in [-0.25, -0.2) is 0 Å². The normalized spacial score (nSPS) is 18.2. The molecule has 0 aromatic rings. The molecule has 1 rings (SSSR count). The Kier molecular flexibility index (Phi) is 3.89. The maximum Gasteiger partial charge on any atom is 0.309 e. The zero-order valence-corrected chi connectivity index (χ0v) is 7.84. The van der Waals surface area contributed by atoms with Gasteiger partial charge in [-0.1, -0.05) is 0 Å². The molecule has 1 saturated heterocycles. The maximum atomic E-state index is 11.3. The molecule has 4 nitrogen and oxygen atoms in total. The van der Waals surface area contributed by atoms with Crippen LogP contribution < -0.4 is 5.32 Å². The van der Waals surface area contributed by atoms with Crippen molar-refractivity contribution >= 4 is 11.8 Å². The Morgan fingerprint density at radius 1 is 1.38 bits per heavy atom. The van der Waals surface area contributed by atoms with Gasteiger partial charge in [-0.05, 0) is 32.9 Å². The topological polar surface area (TPSA) is 55.4 Å². The van der Waals surface area contributed by atoms with Crippen LogP contribution in [0.15, 0.2) is 0 Å². The Morgan fingerprint density at radius 2 is 2.00 bits per heavy atom. The summed E-state index contributed by atoms with van der Waals surface area (Å²) in [4.78, 5) is 21.8. The lowest BCUT2D eigenvalue weighted by Gasteiger charge is -2.20. The molecule has 1 fully saturated rings. The summed E-state index contributed by atoms with van der Waals surface area (Å²) in [5.41, 5.74) is 0. The first-order valence-corrected chi connectivity index (χ1v) is 4.57. The van der Waals surface area contributed by atoms with Crippen LogP contribution in [0.5, 0.6) is 0 Å². The zero-order chi connectivity index (χ0) is 9.68. The van der Waals surface area contributed by atoms with E-state index in [1.807, 2.05) is 0 Å². The molecule has 74 valence electrons. The molecule has 0 saturated carbocycles. The second-order valence-corrected chi connectivity index (χ2v) is 3.33. The van der Waals surface area contributed by atoms with Crippen LogP contribution in [0.3, 0.4) is 0 Å². The third kappa shape index (κ3) is 3.55. The van der Waals surface area contributed by atoms with Crippen molar-refractivity contribution in [1.29, 1.82) is 0 Å². The summed E-state index contributed by atoms with van der Waals surface area (Å²) in [5, 5.41) is 3.16. The third-order valence-corrected chi connectivity index (χ3v) is 2.09. The van der Waals surface area contributed by atoms with Crippen LogP contribution >= 0.6 is 0 Å². The van der Waals surface area contributed by atoms with Crippen LogP contribution in [0.25, 0.3) is 0 Å². The minimum atomic E-state index is -0.225. The third-order valence-electron chi connectivity index (χ3n) is 2.09. The maximum absolute atomic E-state index is 11.3. The highest BCUT2D eigenvalue weighted by Crippen LogP contribution is 2.12. The Balaban J connectivity index is 2.25. The predicted octanol–water partition coefficient (Wildman–Crippen LogP) is 0.118. The summed E-state index contributed by atoms with van der Waals surface area (Å²) in [7, 11) is 0. The molecular weight excluding hydrogens is 170 g/mol. The van der Waals surface area contributed by atoms with Gasteiger partial charge in [-0.3, -0.25) is 9.59 Å². The summed E-state index contributed by atoms with van der Waals surface area (Å²) in [6, 6.07) is 0. The molecule has 0 amide bonds. The largest absolute Gasteiger partial charge is 0.457 e. The van der Waals surface area contributed by atoms with Crippen molar-refractivity contribution < 1.29 is 14.3 Å². The molecule has 0 bridgehead atoms. The molecular formula is C9H15NO3. The first-order valence-electron chi connectivity index (χ1n) is 4.57. The SMILES string of the molecule is CC(=O)COC(=O)C1CCNCC1. The molecule has 1 aliphatic heterocycles. The fourth-order valence-electron chi connectivity index (χ4n) is 1.35. The molecule has 0 spiro atoms. The van der Waals surface area contributed by atoms with E-state index in [0.717, 1.165) is 25.9 Å². The van der Waals surface area contributed by atoms with Gasteiger partial charge in [-0.2, -0.15) is 0 Å². The highest BCUT2D eigenvalue weighted by atomic mass is 16.5. The van der Waals surface area contributed by atoms with Crippen molar-refractivity contribution in [3.8, 4) is 0 Å². The van der Waals surface area contributed by atoms with Gasteiger partial charge in [0.1, 0.15) is 6.61 Å². The molecule has 1 N–H and O–H groups in total. The standard InChI is InChI=1S/C9H15NO3/c1-7(11)6-13-9(12)8-2-4-10-5-3-8/h8,10H,2-6H2,1H3. The average molecular weight is 185 g/mol. The van der Waals surface area contributed by atoms with Crippen LogP contribution in [0.2, 0.25) is 0 Å². The van der Waals surface area contributed by atoms with Crippen LogP contribution in [-0.4, -0.2) is 31.4 Å². The molecule has 0 unspecified atom stereocenters. The van der Waals surface area contributed by atoms with Gasteiger partial charge in [0.25, 0.3) is 0 Å². The van der Waals surface area contributed by atoms with E-state index >= 15 is 0 Å². The number of carbonyl (C=O) groups is 2. The number of carbonyl (C=O) groups excluding carboxylic acids is 2. The van der Waals surface area contributed by atoms with Crippen LogP contribution in [0, 0.1) is 5.92 Å². The Labute approximate surface area is 77.6 Å². The molecule has 1 aliphatic rings. The van der Waals surface area contributed by atoms with Crippen LogP contribution in [0.1, 0.15) is 19.8 Å². The van der Waals surface area contributed by atoms with Crippen molar-refractivity contribution in [2.24, 2.45) is 5.92 Å². The summed E-state index contributed by atoms with van der Waals surface area (Å²) in [6.07, 6.45) is 1.63. The zero-order valence-electron chi connectivity index (χ0n) is 7.84. The molecule has 1 heterocycles. The predicted molar refractivity (Wildman–Crippen MR) is 47.2 cm³/mol. The fraction of sp³-hybridized carbons (Fsp3) is 0.778. The molecule has 0 aliphatic carbocycles. The van der Waals surface area contributed by atoms with Crippen molar-refractivity contribution in [3.63, 3.8) is 0 Å². The van der Waals surface area contributed by atoms with Gasteiger partial charge in [0, 0.05) is 0 Å². The number of Topliss-reactive ketones (excluding diaryl/α,β-unsaturated/α-hetero) is 1. The van der Waals surface area contributed by atoms with E-state index in [9.17, 15) is 9.59 Å². The second-order valence-electron chi connectivity index (χ2n) is 3.33. The average Bonchev–Trinajstić information content (AvgIpc) is 2.15. The highest BCUT2D eigenvalue weighted by Gasteiger charge is 2.22. The van der Waals surface area contributed by atoms with Gasteiger partial charge in [0.05, 0.1) is 5.92 Å². The lowest BCUT2D eigenvalue weighted by molar-refractivity contribution is -0.152. The molecule has 0 radical (unpaired) electrons. The van der Waals surface area contributed by atoms with Gasteiger partial charge in [0.2, 0.25) is 0 Å². The Bertz CT molecular complexity index is 197. The fourth-order valence-corrected chi connectivity index (χ4v) is 1.35. The monoisotopic (exact) mass is 185 g/mol. The number of nitrogens with one attached hydrogen (secondary N) is 1. The van der Waals surface area contributed by atoms with Crippen molar-refractivity contribution in [1.82, 2.24) is 5.32 Å². The number of piperidine rings is 1. The van der Waals surface area contributed by atoms with E-state index in [1.165, 1.54) is 6.92 Å². The summed E-state index contributed by atoms with van der Waals surface area (Å²) in [6.45, 7) is 3.05. The van der Waals surface area contributed by atoms with Crippen molar-refractivity contribution in [3.05, 3.63) is 0 Å². The van der Waals surface area contributed by atoms with E-state index in [-0.39, 0.29) is 24.3 Å². The minimum absolute atomic E-state index is 0.0133. The van der Waals surface area contributed by atoms with Crippen LogP contribution in [0.4, 0.5) is 0 Å². The first-order chi connectivity index (χ1) is 6.20. The van der Waals surface area contributed by atoms with E-state index < -0.39 is 0 Å². The van der Waals surface area contributed by atoms with Crippen molar-refractivity contribution in [2.45, 2.75) is 19.8 Å². The number of ketones is 1. The second kappa shape index (κ2) is 4.97.